The summed E-state index contributed by atoms with van der Waals surface area (Å²) >= 11 is 0. The van der Waals surface area contributed by atoms with Crippen LogP contribution in [0.15, 0.2) is 36.4 Å². The molecule has 35 heteroatoms. The molecule has 0 bridgehead atoms. The van der Waals surface area contributed by atoms with Crippen molar-refractivity contribution in [2.45, 2.75) is 141 Å². The Labute approximate surface area is 566 Å². The molecule has 12 aliphatic heterocycles. The highest BCUT2D eigenvalue weighted by Crippen LogP contribution is 2.54. The molecule has 3 aromatic rings. The molecule has 3 aromatic carbocycles. The van der Waals surface area contributed by atoms with Crippen LogP contribution in [0.3, 0.4) is 0 Å². The number of nitrogens with zero attached hydrogens (tertiary/aromatic N) is 10. The zero-order valence-electron chi connectivity index (χ0n) is 55.7. The lowest BCUT2D eigenvalue weighted by molar-refractivity contribution is -0.384. The molecular weight excluding hydrogens is 1290 g/mol. The van der Waals surface area contributed by atoms with E-state index in [2.05, 4.69) is 36.8 Å². The molecular formula is C64H79N17O18. The summed E-state index contributed by atoms with van der Waals surface area (Å²) in [5.74, 6) is -4.28. The maximum absolute atomic E-state index is 13.2. The van der Waals surface area contributed by atoms with Gasteiger partial charge in [-0.25, -0.2) is 14.4 Å². The Morgan fingerprint density at radius 1 is 0.414 bits per heavy atom. The number of ether oxygens (including phenoxy) is 3. The lowest BCUT2D eigenvalue weighted by atomic mass is 9.66. The number of likely N-dealkylation sites (N-methyl/N-ethyl adjacent to an activating group) is 1. The number of nitro benzene ring substituents is 3. The van der Waals surface area contributed by atoms with E-state index in [0.717, 1.165) is 62.5 Å². The van der Waals surface area contributed by atoms with Gasteiger partial charge in [0.1, 0.15) is 17.1 Å². The number of urea groups is 3. The molecule has 0 aromatic heterocycles. The van der Waals surface area contributed by atoms with Crippen LogP contribution in [-0.4, -0.2) is 213 Å². The van der Waals surface area contributed by atoms with E-state index >= 15 is 0 Å². The fourth-order valence-electron chi connectivity index (χ4n) is 17.6. The number of carbonyl (C=O) groups is 9. The number of morpholine rings is 3. The quantitative estimate of drug-likeness (QED) is 0.104. The molecule has 99 heavy (non-hydrogen) atoms. The third-order valence-electron chi connectivity index (χ3n) is 21.7. The van der Waals surface area contributed by atoms with Crippen LogP contribution in [0.25, 0.3) is 0 Å². The zero-order chi connectivity index (χ0) is 70.8. The second kappa shape index (κ2) is 25.2. The number of barbiturate groups is 3. The summed E-state index contributed by atoms with van der Waals surface area (Å²) in [6.45, 7) is 17.8. The molecule has 0 saturated carbocycles. The van der Waals surface area contributed by atoms with E-state index in [1.165, 1.54) is 18.2 Å². The topological polar surface area (TPSA) is 432 Å². The maximum atomic E-state index is 13.2. The summed E-state index contributed by atoms with van der Waals surface area (Å²) in [5.41, 5.74) is 6.30. The number of hydrogen-bond acceptors (Lipinski definition) is 26. The third-order valence-corrected chi connectivity index (χ3v) is 21.7. The third kappa shape index (κ3) is 11.3. The molecule has 0 radical (unpaired) electrons. The van der Waals surface area contributed by atoms with Crippen LogP contribution in [0.5, 0.6) is 0 Å². The zero-order valence-corrected chi connectivity index (χ0v) is 55.7. The van der Waals surface area contributed by atoms with Crippen LogP contribution in [-0.2, 0) is 62.2 Å². The van der Waals surface area contributed by atoms with Gasteiger partial charge in [0.15, 0.2) is 16.2 Å². The van der Waals surface area contributed by atoms with Gasteiger partial charge in [0, 0.05) is 133 Å². The number of fused-ring (bicyclic) bond motifs is 12. The lowest BCUT2D eigenvalue weighted by Gasteiger charge is -2.55. The molecule has 0 aliphatic carbocycles. The number of nitro groups is 3. The largest absolute Gasteiger partial charge is 0.372 e. The summed E-state index contributed by atoms with van der Waals surface area (Å²) in [4.78, 5) is 163. The van der Waals surface area contributed by atoms with Gasteiger partial charge in [0.25, 0.3) is 17.1 Å². The summed E-state index contributed by atoms with van der Waals surface area (Å²) in [7, 11) is 2.02. The number of benzene rings is 3. The van der Waals surface area contributed by atoms with E-state index in [1.807, 2.05) is 83.2 Å². The van der Waals surface area contributed by atoms with E-state index < -0.39 is 121 Å². The number of imide groups is 6. The smallest absolute Gasteiger partial charge is 0.328 e. The van der Waals surface area contributed by atoms with Crippen molar-refractivity contribution in [3.8, 4) is 0 Å². The Balaban J connectivity index is 0.000000133. The lowest BCUT2D eigenvalue weighted by Crippen LogP contribution is -2.75. The summed E-state index contributed by atoms with van der Waals surface area (Å²) in [5, 5.41) is 49.3. The van der Waals surface area contributed by atoms with E-state index in [1.54, 1.807) is 13.0 Å². The van der Waals surface area contributed by atoms with Crippen molar-refractivity contribution in [3.05, 3.63) is 83.4 Å². The standard InChI is InChI=1S/C22H28N6O6.C21H26N6O6.C21H25N5O6/c1-12-11-27-15-9-16(26-6-4-25(3)5-7-26)17(28(32)33)8-14(15)10-22(18(27)13(2)34-12)19(29)23-21(31)24-20(22)30;1-10-8-26-14-6-15(25-4-3-13(22)9-25)16(27(31)32)5-12(14)7-21(17(26)11(2)33-10)18(28)23-20(30)24-19(21)29;1-11-10-25-14-8-15(24-5-3-4-6-24)16(26(30)31)7-13(14)9-21(17(25)12(2)32-11)18(27)22-20(29)23-19(21)28/h8-9,12-13,18H,4-7,10-11H2,1-3H3,(H2,23,24,29,30,31);5-6,10-11,13,17H,3-4,7-9,22H2,1-2H3,(H2,23,24,28,29,30);7-8,11-12,17H,3-6,9-10H2,1-2H3,(H2,22,23,27,28,29)/t12-,13+,18-;10-,11+,13+,17-;11-,12+,17-/m111/s1. The van der Waals surface area contributed by atoms with Crippen molar-refractivity contribution >= 4 is 105 Å². The minimum absolute atomic E-state index is 0.0405. The molecule has 12 aliphatic rings. The van der Waals surface area contributed by atoms with Gasteiger partial charge >= 0.3 is 18.1 Å². The van der Waals surface area contributed by atoms with Crippen LogP contribution in [0.4, 0.5) is 65.6 Å². The highest BCUT2D eigenvalue weighted by molar-refractivity contribution is 6.22. The molecule has 15 rings (SSSR count). The second-order valence-electron chi connectivity index (χ2n) is 28.1. The average molecular weight is 1370 g/mol. The van der Waals surface area contributed by atoms with Gasteiger partial charge in [-0.2, -0.15) is 0 Å². The van der Waals surface area contributed by atoms with Crippen molar-refractivity contribution in [2.24, 2.45) is 22.0 Å². The predicted octanol–water partition coefficient (Wildman–Crippen LogP) is 1.35. The molecule has 10 atom stereocenters. The molecule has 35 nitrogen and oxygen atoms in total. The van der Waals surface area contributed by atoms with Gasteiger partial charge in [-0.15, -0.1) is 0 Å². The van der Waals surface area contributed by atoms with Crippen LogP contribution in [0.1, 0.15) is 77.5 Å². The number of amides is 12. The van der Waals surface area contributed by atoms with Crippen LogP contribution < -0.4 is 67.0 Å². The predicted molar refractivity (Wildman–Crippen MR) is 352 cm³/mol. The minimum atomic E-state index is -1.66. The summed E-state index contributed by atoms with van der Waals surface area (Å²) in [6.07, 6.45) is 0.416. The first-order valence-electron chi connectivity index (χ1n) is 33.3. The van der Waals surface area contributed by atoms with Crippen LogP contribution in [0.2, 0.25) is 0 Å². The Morgan fingerprint density at radius 2 is 0.707 bits per heavy atom. The Kier molecular flexibility index (Phi) is 17.3. The van der Waals surface area contributed by atoms with Crippen molar-refractivity contribution in [3.63, 3.8) is 0 Å². The number of piperazine rings is 1. The van der Waals surface area contributed by atoms with E-state index in [0.29, 0.717) is 79.6 Å². The Bertz CT molecular complexity index is 3930. The molecule has 528 valence electrons. The molecule has 0 unspecified atom stereocenters. The second-order valence-corrected chi connectivity index (χ2v) is 28.1. The van der Waals surface area contributed by atoms with E-state index in [-0.39, 0.29) is 60.7 Å². The monoisotopic (exact) mass is 1370 g/mol. The Hall–Kier alpha value is -9.71. The van der Waals surface area contributed by atoms with Crippen molar-refractivity contribution < 1.29 is 72.1 Å². The van der Waals surface area contributed by atoms with Crippen LogP contribution >= 0.6 is 0 Å². The van der Waals surface area contributed by atoms with Gasteiger partial charge < -0.3 is 54.2 Å². The highest BCUT2D eigenvalue weighted by atomic mass is 16.6. The number of anilines is 6. The molecule has 3 spiro atoms. The number of hydrogen-bond donors (Lipinski definition) is 7. The first-order chi connectivity index (χ1) is 46.9. The number of nitrogens with one attached hydrogen (secondary N) is 6. The summed E-state index contributed by atoms with van der Waals surface area (Å²) < 4.78 is 18.0. The SMILES string of the molecule is C[C@@H]1CN2c3cc(N4CCCC4)c([N+](=O)[O-])cc3CC3(C(=O)NC(=O)NC3=O)[C@H]2[C@H](C)O1.C[C@@H]1CN2c3cc(N4CCN(C)CC4)c([N+](=O)[O-])cc3CC3(C(=O)NC(=O)NC3=O)[C@H]2[C@H](C)O1.C[C@@H]1CN2c3cc(N4CC[C@H](N)C4)c([N+](=O)[O-])cc3CC3(C(=O)NC(=O)NC3=O)[C@H]2[C@H](C)O1. The van der Waals surface area contributed by atoms with Crippen molar-refractivity contribution in [2.75, 3.05) is 108 Å². The minimum Gasteiger partial charge on any atom is -0.372 e. The fraction of sp³-hybridized carbons (Fsp3) is 0.578. The van der Waals surface area contributed by atoms with Crippen molar-refractivity contribution in [1.82, 2.24) is 36.8 Å². The molecule has 12 amide bonds. The highest BCUT2D eigenvalue weighted by Gasteiger charge is 2.66. The number of rotatable bonds is 6. The molecule has 9 saturated heterocycles. The first kappa shape index (κ1) is 67.8. The number of carbonyl (C=O) groups excluding carboxylic acids is 9. The fourth-order valence-corrected chi connectivity index (χ4v) is 17.6. The van der Waals surface area contributed by atoms with E-state index in [9.17, 15) is 73.5 Å². The normalized spacial score (nSPS) is 29.4. The van der Waals surface area contributed by atoms with E-state index in [4.69, 9.17) is 19.9 Å². The Morgan fingerprint density at radius 3 is 0.990 bits per heavy atom. The molecule has 9 fully saturated rings. The molecule has 12 heterocycles. The maximum Gasteiger partial charge on any atom is 0.328 e. The number of nitrogens with two attached hydrogens (primary N) is 1. The van der Waals surface area contributed by atoms with Gasteiger partial charge in [-0.3, -0.25) is 91.0 Å². The van der Waals surface area contributed by atoms with Gasteiger partial charge in [0.2, 0.25) is 35.4 Å². The average Bonchev–Trinajstić information content (AvgIpc) is 1.46. The van der Waals surface area contributed by atoms with Crippen LogP contribution in [0, 0.1) is 46.6 Å². The van der Waals surface area contributed by atoms with Gasteiger partial charge in [-0.05, 0) is 103 Å². The summed E-state index contributed by atoms with van der Waals surface area (Å²) in [6, 6.07) is 5.16. The molecule has 8 N–H and O–H groups in total. The van der Waals surface area contributed by atoms with Gasteiger partial charge in [0.05, 0.1) is 69.5 Å². The van der Waals surface area contributed by atoms with Crippen molar-refractivity contribution in [1.29, 1.82) is 0 Å². The van der Waals surface area contributed by atoms with Gasteiger partial charge in [-0.1, -0.05) is 0 Å². The first-order valence-corrected chi connectivity index (χ1v) is 33.3.